The van der Waals surface area contributed by atoms with Crippen molar-refractivity contribution in [2.75, 3.05) is 20.6 Å². The van der Waals surface area contributed by atoms with Crippen molar-refractivity contribution in [2.45, 2.75) is 45.9 Å². The Balaban J connectivity index is 0.00000364. The third-order valence-electron chi connectivity index (χ3n) is 4.51. The summed E-state index contributed by atoms with van der Waals surface area (Å²) in [5.74, 6) is 0.831. The highest BCUT2D eigenvalue weighted by atomic mass is 127. The Morgan fingerprint density at radius 2 is 1.93 bits per heavy atom. The number of aliphatic imine (C=N–C) groups is 1. The van der Waals surface area contributed by atoms with Crippen molar-refractivity contribution in [3.05, 3.63) is 53.9 Å². The molecular weight excluding hydrogens is 451 g/mol. The molecule has 0 spiro atoms. The third kappa shape index (κ3) is 8.30. The second-order valence-electron chi connectivity index (χ2n) is 6.75. The Morgan fingerprint density at radius 1 is 1.19 bits per heavy atom. The average molecular weight is 484 g/mol. The van der Waals surface area contributed by atoms with Crippen molar-refractivity contribution in [3.8, 4) is 0 Å². The van der Waals surface area contributed by atoms with Crippen LogP contribution >= 0.6 is 24.0 Å². The molecule has 0 amide bonds. The zero-order valence-electron chi connectivity index (χ0n) is 16.9. The summed E-state index contributed by atoms with van der Waals surface area (Å²) in [4.78, 5) is 6.67. The molecule has 0 atom stereocenters. The molecule has 0 aliphatic carbocycles. The highest BCUT2D eigenvalue weighted by molar-refractivity contribution is 14.0. The van der Waals surface area contributed by atoms with Crippen molar-refractivity contribution >= 4 is 29.9 Å². The number of hydrogen-bond donors (Lipinski definition) is 2. The number of hydrogen-bond acceptors (Lipinski definition) is 3. The molecule has 0 bridgehead atoms. The molecule has 2 rings (SSSR count). The SMILES string of the molecule is CN=C(NCCCn1cccn1)NCc1ccccc1CN(C)C(C)C.I. The predicted molar refractivity (Wildman–Crippen MR) is 124 cm³/mol. The van der Waals surface area contributed by atoms with E-state index in [1.807, 2.05) is 23.1 Å². The fourth-order valence-electron chi connectivity index (χ4n) is 2.62. The Morgan fingerprint density at radius 3 is 2.56 bits per heavy atom. The van der Waals surface area contributed by atoms with Gasteiger partial charge in [-0.1, -0.05) is 24.3 Å². The van der Waals surface area contributed by atoms with Crippen LogP contribution in [0.2, 0.25) is 0 Å². The smallest absolute Gasteiger partial charge is 0.191 e. The van der Waals surface area contributed by atoms with Crippen molar-refractivity contribution < 1.29 is 0 Å². The fourth-order valence-corrected chi connectivity index (χ4v) is 2.62. The minimum Gasteiger partial charge on any atom is -0.356 e. The zero-order valence-corrected chi connectivity index (χ0v) is 19.2. The van der Waals surface area contributed by atoms with E-state index < -0.39 is 0 Å². The van der Waals surface area contributed by atoms with Crippen molar-refractivity contribution in [3.63, 3.8) is 0 Å². The highest BCUT2D eigenvalue weighted by Crippen LogP contribution is 2.12. The van der Waals surface area contributed by atoms with Crippen LogP contribution in [0.3, 0.4) is 0 Å². The predicted octanol–water partition coefficient (Wildman–Crippen LogP) is 3.10. The van der Waals surface area contributed by atoms with Gasteiger partial charge < -0.3 is 10.6 Å². The molecule has 2 aromatic rings. The number of rotatable bonds is 9. The molecule has 0 saturated heterocycles. The molecule has 0 unspecified atom stereocenters. The first-order valence-electron chi connectivity index (χ1n) is 9.29. The molecule has 0 fully saturated rings. The van der Waals surface area contributed by atoms with Gasteiger partial charge in [0.1, 0.15) is 0 Å². The second-order valence-corrected chi connectivity index (χ2v) is 6.75. The molecule has 0 aliphatic heterocycles. The molecule has 2 N–H and O–H groups in total. The molecule has 150 valence electrons. The first-order chi connectivity index (χ1) is 12.6. The largest absolute Gasteiger partial charge is 0.356 e. The van der Waals surface area contributed by atoms with E-state index in [1.165, 1.54) is 11.1 Å². The summed E-state index contributed by atoms with van der Waals surface area (Å²) >= 11 is 0. The second kappa shape index (κ2) is 12.7. The van der Waals surface area contributed by atoms with Gasteiger partial charge in [-0.3, -0.25) is 14.6 Å². The standard InChI is InChI=1S/C20H32N6.HI/c1-17(2)25(4)16-19-10-6-5-9-18(19)15-23-20(21-3)22-11-7-13-26-14-8-12-24-26;/h5-6,8-10,12,14,17H,7,11,13,15-16H2,1-4H3,(H2,21,22,23);1H. The van der Waals surface area contributed by atoms with Crippen LogP contribution in [0.4, 0.5) is 0 Å². The molecule has 0 aliphatic rings. The fraction of sp³-hybridized carbons (Fsp3) is 0.500. The third-order valence-corrected chi connectivity index (χ3v) is 4.51. The van der Waals surface area contributed by atoms with Crippen LogP contribution in [-0.4, -0.2) is 47.3 Å². The van der Waals surface area contributed by atoms with Crippen LogP contribution in [0.1, 0.15) is 31.4 Å². The lowest BCUT2D eigenvalue weighted by atomic mass is 10.1. The van der Waals surface area contributed by atoms with Crippen LogP contribution in [0.25, 0.3) is 0 Å². The molecule has 1 aromatic carbocycles. The van der Waals surface area contributed by atoms with E-state index in [9.17, 15) is 0 Å². The van der Waals surface area contributed by atoms with Crippen LogP contribution < -0.4 is 10.6 Å². The lowest BCUT2D eigenvalue weighted by Crippen LogP contribution is -2.38. The lowest BCUT2D eigenvalue weighted by Gasteiger charge is -2.23. The Hall–Kier alpha value is -1.61. The summed E-state index contributed by atoms with van der Waals surface area (Å²) in [5.41, 5.74) is 2.66. The first kappa shape index (κ1) is 23.4. The maximum Gasteiger partial charge on any atom is 0.191 e. The van der Waals surface area contributed by atoms with Crippen LogP contribution in [0, 0.1) is 0 Å². The molecule has 27 heavy (non-hydrogen) atoms. The van der Waals surface area contributed by atoms with Crippen LogP contribution in [0.5, 0.6) is 0 Å². The first-order valence-corrected chi connectivity index (χ1v) is 9.29. The van der Waals surface area contributed by atoms with Gasteiger partial charge in [0, 0.05) is 51.7 Å². The molecule has 1 heterocycles. The summed E-state index contributed by atoms with van der Waals surface area (Å²) in [6, 6.07) is 11.1. The van der Waals surface area contributed by atoms with E-state index in [4.69, 9.17) is 0 Å². The van der Waals surface area contributed by atoms with Crippen molar-refractivity contribution in [2.24, 2.45) is 4.99 Å². The van der Waals surface area contributed by atoms with Gasteiger partial charge in [-0.15, -0.1) is 24.0 Å². The molecule has 7 heteroatoms. The molecule has 0 saturated carbocycles. The summed E-state index contributed by atoms with van der Waals surface area (Å²) in [6.45, 7) is 7.91. The van der Waals surface area contributed by atoms with Gasteiger partial charge >= 0.3 is 0 Å². The molecule has 1 aromatic heterocycles. The Bertz CT molecular complexity index is 669. The minimum absolute atomic E-state index is 0. The van der Waals surface area contributed by atoms with E-state index in [-0.39, 0.29) is 24.0 Å². The maximum atomic E-state index is 4.32. The van der Waals surface area contributed by atoms with Crippen molar-refractivity contribution in [1.82, 2.24) is 25.3 Å². The number of nitrogens with zero attached hydrogens (tertiary/aromatic N) is 4. The summed E-state index contributed by atoms with van der Waals surface area (Å²) in [6.07, 6.45) is 4.79. The minimum atomic E-state index is 0. The Labute approximate surface area is 180 Å². The Kier molecular flexibility index (Phi) is 11.0. The van der Waals surface area contributed by atoms with Crippen LogP contribution in [0.15, 0.2) is 47.7 Å². The number of nitrogens with one attached hydrogen (secondary N) is 2. The topological polar surface area (TPSA) is 57.5 Å². The number of halogens is 1. The van der Waals surface area contributed by atoms with E-state index in [1.54, 1.807) is 7.05 Å². The number of guanidine groups is 1. The highest BCUT2D eigenvalue weighted by Gasteiger charge is 2.08. The van der Waals surface area contributed by atoms with E-state index in [2.05, 4.69) is 70.8 Å². The number of aromatic nitrogens is 2. The molecule has 0 radical (unpaired) electrons. The van der Waals surface area contributed by atoms with Gasteiger partial charge in [0.25, 0.3) is 0 Å². The molecule has 6 nitrogen and oxygen atoms in total. The zero-order chi connectivity index (χ0) is 18.8. The van der Waals surface area contributed by atoms with Gasteiger partial charge in [0.05, 0.1) is 0 Å². The normalized spacial score (nSPS) is 11.6. The maximum absolute atomic E-state index is 4.32. The average Bonchev–Trinajstić information content (AvgIpc) is 3.15. The van der Waals surface area contributed by atoms with Gasteiger partial charge in [-0.2, -0.15) is 5.10 Å². The summed E-state index contributed by atoms with van der Waals surface area (Å²) in [7, 11) is 3.97. The number of benzene rings is 1. The molecular formula is C20H33IN6. The number of aryl methyl sites for hydroxylation is 1. The summed E-state index contributed by atoms with van der Waals surface area (Å²) in [5, 5.41) is 11.0. The van der Waals surface area contributed by atoms with Gasteiger partial charge in [-0.05, 0) is 44.5 Å². The monoisotopic (exact) mass is 484 g/mol. The van der Waals surface area contributed by atoms with Gasteiger partial charge in [-0.25, -0.2) is 0 Å². The van der Waals surface area contributed by atoms with Crippen LogP contribution in [-0.2, 0) is 19.6 Å². The van der Waals surface area contributed by atoms with Crippen molar-refractivity contribution in [1.29, 1.82) is 0 Å². The van der Waals surface area contributed by atoms with Gasteiger partial charge in [0.2, 0.25) is 0 Å². The van der Waals surface area contributed by atoms with Gasteiger partial charge in [0.15, 0.2) is 5.96 Å². The quantitative estimate of drug-likeness (QED) is 0.249. The lowest BCUT2D eigenvalue weighted by molar-refractivity contribution is 0.265. The van der Waals surface area contributed by atoms with E-state index in [0.29, 0.717) is 6.04 Å². The van der Waals surface area contributed by atoms with E-state index >= 15 is 0 Å². The summed E-state index contributed by atoms with van der Waals surface area (Å²) < 4.78 is 1.94. The van der Waals surface area contributed by atoms with E-state index in [0.717, 1.165) is 38.6 Å².